The molecule has 124 valence electrons. The minimum atomic E-state index is -0.177. The van der Waals surface area contributed by atoms with Crippen molar-refractivity contribution >= 4 is 50.8 Å². The van der Waals surface area contributed by atoms with Gasteiger partial charge in [-0.15, -0.1) is 0 Å². The van der Waals surface area contributed by atoms with Crippen molar-refractivity contribution in [2.45, 2.75) is 19.3 Å². The van der Waals surface area contributed by atoms with Gasteiger partial charge in [-0.05, 0) is 48.2 Å². The van der Waals surface area contributed by atoms with Crippen molar-refractivity contribution < 1.29 is 4.79 Å². The van der Waals surface area contributed by atoms with Crippen molar-refractivity contribution in [1.29, 1.82) is 0 Å². The van der Waals surface area contributed by atoms with Crippen LogP contribution in [-0.4, -0.2) is 11.6 Å². The first-order chi connectivity index (χ1) is 11.5. The van der Waals surface area contributed by atoms with Crippen LogP contribution < -0.4 is 5.43 Å². The lowest BCUT2D eigenvalue weighted by molar-refractivity contribution is -0.120. The second-order valence-electron chi connectivity index (χ2n) is 5.74. The molecule has 2 aromatic carbocycles. The van der Waals surface area contributed by atoms with Crippen LogP contribution in [-0.2, 0) is 11.2 Å². The maximum Gasteiger partial charge on any atom is 0.244 e. The number of halogens is 3. The Morgan fingerprint density at radius 2 is 1.83 bits per heavy atom. The van der Waals surface area contributed by atoms with E-state index in [9.17, 15) is 4.79 Å². The SMILES string of the molecule is O=C(Cc1ccc(Cl)c(Cl)c1)NN=C(c1ccc(Br)cc1)C1CC1. The highest BCUT2D eigenvalue weighted by atomic mass is 79.9. The molecule has 0 heterocycles. The maximum absolute atomic E-state index is 12.1. The first-order valence-corrected chi connectivity index (χ1v) is 9.14. The monoisotopic (exact) mass is 424 g/mol. The van der Waals surface area contributed by atoms with Crippen molar-refractivity contribution in [3.05, 3.63) is 68.1 Å². The van der Waals surface area contributed by atoms with E-state index in [1.54, 1.807) is 18.2 Å². The van der Waals surface area contributed by atoms with E-state index < -0.39 is 0 Å². The van der Waals surface area contributed by atoms with Crippen LogP contribution in [0.2, 0.25) is 10.0 Å². The van der Waals surface area contributed by atoms with Gasteiger partial charge in [0, 0.05) is 10.4 Å². The van der Waals surface area contributed by atoms with Crippen LogP contribution in [0.1, 0.15) is 24.0 Å². The Hall–Kier alpha value is -1.36. The van der Waals surface area contributed by atoms with Crippen LogP contribution in [0.25, 0.3) is 0 Å². The Morgan fingerprint density at radius 1 is 1.12 bits per heavy atom. The highest BCUT2D eigenvalue weighted by Crippen LogP contribution is 2.33. The third kappa shape index (κ3) is 4.59. The molecule has 1 aliphatic rings. The van der Waals surface area contributed by atoms with Crippen molar-refractivity contribution in [2.24, 2.45) is 11.0 Å². The zero-order valence-corrected chi connectivity index (χ0v) is 15.8. The third-order valence-electron chi connectivity index (χ3n) is 3.75. The van der Waals surface area contributed by atoms with E-state index in [0.717, 1.165) is 34.2 Å². The standard InChI is InChI=1S/C18H15BrCl2N2O/c19-14-6-4-13(5-7-14)18(12-2-3-12)23-22-17(24)10-11-1-8-15(20)16(21)9-11/h1,4-9,12H,2-3,10H2,(H,22,24). The molecule has 1 fully saturated rings. The molecule has 0 atom stereocenters. The zero-order chi connectivity index (χ0) is 17.1. The number of carbonyl (C=O) groups is 1. The molecular weight excluding hydrogens is 411 g/mol. The molecule has 0 saturated heterocycles. The number of carbonyl (C=O) groups excluding carboxylic acids is 1. The van der Waals surface area contributed by atoms with Gasteiger partial charge in [0.15, 0.2) is 0 Å². The Bertz CT molecular complexity index is 786. The Morgan fingerprint density at radius 3 is 2.46 bits per heavy atom. The molecule has 0 radical (unpaired) electrons. The van der Waals surface area contributed by atoms with Crippen LogP contribution in [0, 0.1) is 5.92 Å². The second kappa shape index (κ2) is 7.68. The lowest BCUT2D eigenvalue weighted by Crippen LogP contribution is -2.22. The second-order valence-corrected chi connectivity index (χ2v) is 7.47. The number of nitrogens with zero attached hydrogens (tertiary/aromatic N) is 1. The van der Waals surface area contributed by atoms with Crippen molar-refractivity contribution in [1.82, 2.24) is 5.43 Å². The fourth-order valence-corrected chi connectivity index (χ4v) is 2.95. The summed E-state index contributed by atoms with van der Waals surface area (Å²) in [4.78, 5) is 12.1. The summed E-state index contributed by atoms with van der Waals surface area (Å²) in [6.45, 7) is 0. The number of benzene rings is 2. The normalized spacial score (nSPS) is 14.5. The van der Waals surface area contributed by atoms with E-state index in [1.807, 2.05) is 24.3 Å². The summed E-state index contributed by atoms with van der Waals surface area (Å²) in [7, 11) is 0. The van der Waals surface area contributed by atoms with Crippen LogP contribution in [0.4, 0.5) is 0 Å². The first kappa shape index (κ1) is 17.5. The summed E-state index contributed by atoms with van der Waals surface area (Å²) < 4.78 is 1.02. The number of hydrogen-bond acceptors (Lipinski definition) is 2. The Balaban J connectivity index is 1.68. The van der Waals surface area contributed by atoms with Gasteiger partial charge in [0.1, 0.15) is 0 Å². The highest BCUT2D eigenvalue weighted by molar-refractivity contribution is 9.10. The summed E-state index contributed by atoms with van der Waals surface area (Å²) in [6, 6.07) is 13.1. The molecule has 3 nitrogen and oxygen atoms in total. The fourth-order valence-electron chi connectivity index (χ4n) is 2.37. The van der Waals surface area contributed by atoms with Crippen LogP contribution in [0.5, 0.6) is 0 Å². The van der Waals surface area contributed by atoms with E-state index in [4.69, 9.17) is 23.2 Å². The number of rotatable bonds is 5. The largest absolute Gasteiger partial charge is 0.273 e. The van der Waals surface area contributed by atoms with Crippen LogP contribution in [0.15, 0.2) is 52.0 Å². The molecule has 0 aromatic heterocycles. The molecule has 0 unspecified atom stereocenters. The molecule has 1 saturated carbocycles. The minimum absolute atomic E-state index is 0.177. The Labute approximate surface area is 159 Å². The molecule has 1 amide bonds. The van der Waals surface area contributed by atoms with E-state index in [0.29, 0.717) is 16.0 Å². The average Bonchev–Trinajstić information content (AvgIpc) is 3.38. The number of nitrogens with one attached hydrogen (secondary N) is 1. The van der Waals surface area contributed by atoms with Gasteiger partial charge in [0.2, 0.25) is 5.91 Å². The number of hydrazone groups is 1. The van der Waals surface area contributed by atoms with E-state index in [2.05, 4.69) is 26.5 Å². The van der Waals surface area contributed by atoms with Gasteiger partial charge in [0.25, 0.3) is 0 Å². The summed E-state index contributed by atoms with van der Waals surface area (Å²) in [5.41, 5.74) is 5.43. The maximum atomic E-state index is 12.1. The number of hydrogen-bond donors (Lipinski definition) is 1. The van der Waals surface area contributed by atoms with Gasteiger partial charge in [0.05, 0.1) is 22.2 Å². The number of amides is 1. The topological polar surface area (TPSA) is 41.5 Å². The molecule has 0 spiro atoms. The van der Waals surface area contributed by atoms with Gasteiger partial charge in [-0.2, -0.15) is 5.10 Å². The third-order valence-corrected chi connectivity index (χ3v) is 5.02. The van der Waals surface area contributed by atoms with E-state index >= 15 is 0 Å². The summed E-state index contributed by atoms with van der Waals surface area (Å²) in [5, 5.41) is 5.28. The van der Waals surface area contributed by atoms with Crippen LogP contribution in [0.3, 0.4) is 0 Å². The average molecular weight is 426 g/mol. The molecular formula is C18H15BrCl2N2O. The fraction of sp³-hybridized carbons (Fsp3) is 0.222. The van der Waals surface area contributed by atoms with Crippen molar-refractivity contribution in [3.8, 4) is 0 Å². The molecule has 6 heteroatoms. The van der Waals surface area contributed by atoms with Gasteiger partial charge in [-0.1, -0.05) is 57.3 Å². The predicted octanol–water partition coefficient (Wildman–Crippen LogP) is 5.23. The van der Waals surface area contributed by atoms with Gasteiger partial charge >= 0.3 is 0 Å². The molecule has 0 aliphatic heterocycles. The molecule has 3 rings (SSSR count). The predicted molar refractivity (Wildman–Crippen MR) is 102 cm³/mol. The van der Waals surface area contributed by atoms with Crippen molar-refractivity contribution in [2.75, 3.05) is 0 Å². The van der Waals surface area contributed by atoms with E-state index in [-0.39, 0.29) is 12.3 Å². The minimum Gasteiger partial charge on any atom is -0.273 e. The van der Waals surface area contributed by atoms with Gasteiger partial charge in [-0.3, -0.25) is 4.79 Å². The van der Waals surface area contributed by atoms with Gasteiger partial charge in [-0.25, -0.2) is 5.43 Å². The van der Waals surface area contributed by atoms with Crippen molar-refractivity contribution in [3.63, 3.8) is 0 Å². The molecule has 2 aromatic rings. The summed E-state index contributed by atoms with van der Waals surface area (Å²) >= 11 is 15.3. The Kier molecular flexibility index (Phi) is 5.59. The van der Waals surface area contributed by atoms with Crippen LogP contribution >= 0.6 is 39.1 Å². The first-order valence-electron chi connectivity index (χ1n) is 7.59. The molecule has 0 bridgehead atoms. The molecule has 24 heavy (non-hydrogen) atoms. The smallest absolute Gasteiger partial charge is 0.244 e. The molecule has 1 N–H and O–H groups in total. The lowest BCUT2D eigenvalue weighted by Gasteiger charge is -2.07. The van der Waals surface area contributed by atoms with Gasteiger partial charge < -0.3 is 0 Å². The molecule has 1 aliphatic carbocycles. The summed E-state index contributed by atoms with van der Waals surface area (Å²) in [5.74, 6) is 0.250. The summed E-state index contributed by atoms with van der Waals surface area (Å²) in [6.07, 6.45) is 2.42. The highest BCUT2D eigenvalue weighted by Gasteiger charge is 2.29. The quantitative estimate of drug-likeness (QED) is 0.517. The van der Waals surface area contributed by atoms with E-state index in [1.165, 1.54) is 0 Å². The zero-order valence-electron chi connectivity index (χ0n) is 12.7. The lowest BCUT2D eigenvalue weighted by atomic mass is 10.1.